The summed E-state index contributed by atoms with van der Waals surface area (Å²) in [5.41, 5.74) is 2.26. The molecule has 1 N–H and O–H groups in total. The van der Waals surface area contributed by atoms with Gasteiger partial charge < -0.3 is 15.0 Å². The highest BCUT2D eigenvalue weighted by molar-refractivity contribution is 5.79. The highest BCUT2D eigenvalue weighted by Gasteiger charge is 2.15. The molecule has 1 aliphatic heterocycles. The summed E-state index contributed by atoms with van der Waals surface area (Å²) in [5.74, 6) is 1.75. The van der Waals surface area contributed by atoms with Crippen molar-refractivity contribution in [2.75, 3.05) is 33.4 Å². The maximum Gasteiger partial charge on any atom is 0.193 e. The van der Waals surface area contributed by atoms with E-state index in [4.69, 9.17) is 9.73 Å². The maximum absolute atomic E-state index is 5.46. The van der Waals surface area contributed by atoms with Crippen LogP contribution in [0.4, 0.5) is 0 Å². The van der Waals surface area contributed by atoms with Crippen LogP contribution in [0.5, 0.6) is 0 Å². The summed E-state index contributed by atoms with van der Waals surface area (Å²) in [6.45, 7) is 6.51. The Kier molecular flexibility index (Phi) is 7.27. The predicted molar refractivity (Wildman–Crippen MR) is 109 cm³/mol. The minimum Gasteiger partial charge on any atom is -0.381 e. The molecule has 6 heteroatoms. The van der Waals surface area contributed by atoms with Crippen molar-refractivity contribution >= 4 is 5.96 Å². The highest BCUT2D eigenvalue weighted by atomic mass is 16.5. The molecular weight excluding hydrogens is 338 g/mol. The minimum atomic E-state index is 0.670. The van der Waals surface area contributed by atoms with E-state index < -0.39 is 0 Å². The fourth-order valence-electron chi connectivity index (χ4n) is 3.33. The number of rotatable bonds is 7. The molecule has 0 saturated carbocycles. The maximum atomic E-state index is 5.46. The fraction of sp³-hybridized carbons (Fsp3) is 0.524. The Morgan fingerprint density at radius 1 is 1.30 bits per heavy atom. The summed E-state index contributed by atoms with van der Waals surface area (Å²) < 4.78 is 7.32. The molecular formula is C21H31N5O. The first kappa shape index (κ1) is 19.4. The van der Waals surface area contributed by atoms with Gasteiger partial charge >= 0.3 is 0 Å². The van der Waals surface area contributed by atoms with Crippen LogP contribution < -0.4 is 5.32 Å². The first-order valence-corrected chi connectivity index (χ1v) is 9.92. The molecule has 0 amide bonds. The van der Waals surface area contributed by atoms with Crippen molar-refractivity contribution in [2.24, 2.45) is 10.9 Å². The second kappa shape index (κ2) is 10.1. The summed E-state index contributed by atoms with van der Waals surface area (Å²) >= 11 is 0. The quantitative estimate of drug-likeness (QED) is 0.602. The standard InChI is InChI=1S/C21H31N5O/c1-3-22-21(25(2)14-9-18-10-15-27-16-11-18)23-17-19-5-7-20(8-6-19)26-13-4-12-24-26/h4-8,12-13,18H,3,9-11,14-17H2,1-2H3,(H,22,23). The van der Waals surface area contributed by atoms with Crippen LogP contribution in [0, 0.1) is 5.92 Å². The first-order chi connectivity index (χ1) is 13.3. The van der Waals surface area contributed by atoms with Crippen LogP contribution in [0.3, 0.4) is 0 Å². The molecule has 2 aromatic rings. The van der Waals surface area contributed by atoms with Crippen LogP contribution in [-0.2, 0) is 11.3 Å². The number of benzene rings is 1. The second-order valence-electron chi connectivity index (χ2n) is 7.05. The molecule has 0 aliphatic carbocycles. The van der Waals surface area contributed by atoms with E-state index in [2.05, 4.69) is 53.6 Å². The molecule has 0 unspecified atom stereocenters. The second-order valence-corrected chi connectivity index (χ2v) is 7.05. The van der Waals surface area contributed by atoms with Gasteiger partial charge in [-0.3, -0.25) is 0 Å². The Bertz CT molecular complexity index is 690. The number of hydrogen-bond donors (Lipinski definition) is 1. The molecule has 0 spiro atoms. The van der Waals surface area contributed by atoms with Gasteiger partial charge in [0.2, 0.25) is 0 Å². The van der Waals surface area contributed by atoms with Gasteiger partial charge in [0.25, 0.3) is 0 Å². The summed E-state index contributed by atoms with van der Waals surface area (Å²) in [6.07, 6.45) is 7.30. The average Bonchev–Trinajstić information content (AvgIpc) is 3.25. The molecule has 0 atom stereocenters. The molecule has 0 bridgehead atoms. The Hall–Kier alpha value is -2.34. The highest BCUT2D eigenvalue weighted by Crippen LogP contribution is 2.18. The zero-order valence-corrected chi connectivity index (χ0v) is 16.5. The molecule has 1 saturated heterocycles. The molecule has 1 fully saturated rings. The molecule has 1 aliphatic rings. The fourth-order valence-corrected chi connectivity index (χ4v) is 3.33. The van der Waals surface area contributed by atoms with Crippen molar-refractivity contribution in [1.82, 2.24) is 20.0 Å². The molecule has 1 aromatic heterocycles. The monoisotopic (exact) mass is 369 g/mol. The van der Waals surface area contributed by atoms with Gasteiger partial charge in [0, 0.05) is 45.7 Å². The lowest BCUT2D eigenvalue weighted by molar-refractivity contribution is 0.0625. The third kappa shape index (κ3) is 5.82. The Morgan fingerprint density at radius 3 is 2.74 bits per heavy atom. The molecule has 3 rings (SSSR count). The van der Waals surface area contributed by atoms with Gasteiger partial charge in [-0.2, -0.15) is 5.10 Å². The van der Waals surface area contributed by atoms with Crippen molar-refractivity contribution in [3.63, 3.8) is 0 Å². The van der Waals surface area contributed by atoms with Crippen LogP contribution in [-0.4, -0.2) is 54.0 Å². The van der Waals surface area contributed by atoms with Crippen molar-refractivity contribution in [1.29, 1.82) is 0 Å². The van der Waals surface area contributed by atoms with E-state index in [1.165, 1.54) is 24.8 Å². The third-order valence-corrected chi connectivity index (χ3v) is 5.03. The number of nitrogens with zero attached hydrogens (tertiary/aromatic N) is 4. The lowest BCUT2D eigenvalue weighted by Crippen LogP contribution is -2.40. The van der Waals surface area contributed by atoms with Crippen LogP contribution in [0.1, 0.15) is 31.7 Å². The van der Waals surface area contributed by atoms with Crippen LogP contribution >= 0.6 is 0 Å². The zero-order valence-electron chi connectivity index (χ0n) is 16.5. The van der Waals surface area contributed by atoms with Gasteiger partial charge in [0.05, 0.1) is 12.2 Å². The van der Waals surface area contributed by atoms with Gasteiger partial charge in [-0.25, -0.2) is 9.67 Å². The van der Waals surface area contributed by atoms with Crippen LogP contribution in [0.15, 0.2) is 47.7 Å². The number of nitrogens with one attached hydrogen (secondary N) is 1. The van der Waals surface area contributed by atoms with Gasteiger partial charge in [0.1, 0.15) is 0 Å². The van der Waals surface area contributed by atoms with E-state index >= 15 is 0 Å². The topological polar surface area (TPSA) is 54.7 Å². The number of guanidine groups is 1. The summed E-state index contributed by atoms with van der Waals surface area (Å²) in [7, 11) is 2.13. The lowest BCUT2D eigenvalue weighted by Gasteiger charge is -2.26. The van der Waals surface area contributed by atoms with Crippen LogP contribution in [0.2, 0.25) is 0 Å². The zero-order chi connectivity index (χ0) is 18.9. The minimum absolute atomic E-state index is 0.670. The number of aliphatic imine (C=N–C) groups is 1. The number of ether oxygens (including phenoxy) is 1. The number of hydrogen-bond acceptors (Lipinski definition) is 3. The van der Waals surface area contributed by atoms with Crippen molar-refractivity contribution < 1.29 is 4.74 Å². The molecule has 2 heterocycles. The summed E-state index contributed by atoms with van der Waals surface area (Å²) in [6, 6.07) is 10.3. The third-order valence-electron chi connectivity index (χ3n) is 5.03. The van der Waals surface area contributed by atoms with Crippen molar-refractivity contribution in [2.45, 2.75) is 32.7 Å². The largest absolute Gasteiger partial charge is 0.381 e. The van der Waals surface area contributed by atoms with E-state index in [0.717, 1.165) is 43.9 Å². The van der Waals surface area contributed by atoms with E-state index in [1.807, 2.05) is 16.9 Å². The average molecular weight is 370 g/mol. The molecule has 27 heavy (non-hydrogen) atoms. The predicted octanol–water partition coefficient (Wildman–Crippen LogP) is 3.09. The van der Waals surface area contributed by atoms with Crippen LogP contribution in [0.25, 0.3) is 5.69 Å². The van der Waals surface area contributed by atoms with E-state index in [9.17, 15) is 0 Å². The van der Waals surface area contributed by atoms with E-state index in [0.29, 0.717) is 6.54 Å². The summed E-state index contributed by atoms with van der Waals surface area (Å²) in [5, 5.41) is 7.67. The van der Waals surface area contributed by atoms with Gasteiger partial charge in [-0.05, 0) is 55.9 Å². The Balaban J connectivity index is 1.55. The lowest BCUT2D eigenvalue weighted by atomic mass is 9.96. The Labute approximate surface area is 162 Å². The van der Waals surface area contributed by atoms with Crippen molar-refractivity contribution in [3.8, 4) is 5.69 Å². The number of aromatic nitrogens is 2. The summed E-state index contributed by atoms with van der Waals surface area (Å²) in [4.78, 5) is 7.07. The van der Waals surface area contributed by atoms with Gasteiger partial charge in [-0.15, -0.1) is 0 Å². The molecule has 0 radical (unpaired) electrons. The molecule has 146 valence electrons. The SMILES string of the molecule is CCNC(=NCc1ccc(-n2cccn2)cc1)N(C)CCC1CCOCC1. The van der Waals surface area contributed by atoms with E-state index in [1.54, 1.807) is 6.20 Å². The molecule has 6 nitrogen and oxygen atoms in total. The van der Waals surface area contributed by atoms with E-state index in [-0.39, 0.29) is 0 Å². The van der Waals surface area contributed by atoms with Crippen molar-refractivity contribution in [3.05, 3.63) is 48.3 Å². The first-order valence-electron chi connectivity index (χ1n) is 9.92. The molecule has 1 aromatic carbocycles. The van der Waals surface area contributed by atoms with Gasteiger partial charge in [0.15, 0.2) is 5.96 Å². The normalized spacial score (nSPS) is 15.7. The Morgan fingerprint density at radius 2 is 2.07 bits per heavy atom. The smallest absolute Gasteiger partial charge is 0.193 e. The van der Waals surface area contributed by atoms with Gasteiger partial charge in [-0.1, -0.05) is 12.1 Å².